The highest BCUT2D eigenvalue weighted by atomic mass is 31.2. The van der Waals surface area contributed by atoms with Crippen molar-refractivity contribution in [1.82, 2.24) is 19.5 Å². The molecule has 0 spiro atoms. The summed E-state index contributed by atoms with van der Waals surface area (Å²) in [4.78, 5) is 39.8. The number of rotatable bonds is 8. The summed E-state index contributed by atoms with van der Waals surface area (Å²) in [5, 5.41) is 0. The average molecular weight is 347 g/mol. The van der Waals surface area contributed by atoms with E-state index in [1.165, 1.54) is 10.9 Å². The first-order valence-corrected chi connectivity index (χ1v) is 8.54. The minimum atomic E-state index is -4.30. The Kier molecular flexibility index (Phi) is 5.50. The summed E-state index contributed by atoms with van der Waals surface area (Å²) < 4.78 is 22.9. The van der Waals surface area contributed by atoms with E-state index < -0.39 is 25.6 Å². The first kappa shape index (κ1) is 17.6. The molecule has 0 aromatic carbocycles. The van der Waals surface area contributed by atoms with Crippen molar-refractivity contribution < 1.29 is 23.8 Å². The zero-order chi connectivity index (χ0) is 17.0. The van der Waals surface area contributed by atoms with Gasteiger partial charge in [0.25, 0.3) is 5.56 Å². The second kappa shape index (κ2) is 7.20. The molecule has 0 amide bonds. The van der Waals surface area contributed by atoms with Crippen molar-refractivity contribution in [2.45, 2.75) is 19.6 Å². The lowest BCUT2D eigenvalue weighted by atomic mass is 10.3. The van der Waals surface area contributed by atoms with E-state index in [0.29, 0.717) is 6.61 Å². The average Bonchev–Trinajstić information content (AvgIpc) is 2.84. The number of ether oxygens (including phenoxy) is 2. The third-order valence-corrected chi connectivity index (χ3v) is 3.37. The predicted octanol–water partition coefficient (Wildman–Crippen LogP) is -0.741. The number of anilines is 1. The molecule has 23 heavy (non-hydrogen) atoms. The van der Waals surface area contributed by atoms with Crippen molar-refractivity contribution in [3.8, 4) is 0 Å². The normalized spacial score (nSPS) is 13.5. The van der Waals surface area contributed by atoms with Crippen LogP contribution in [-0.4, -0.2) is 55.0 Å². The number of hydrogen-bond acceptors (Lipinski definition) is 7. The van der Waals surface area contributed by atoms with Gasteiger partial charge in [0.05, 0.1) is 25.6 Å². The van der Waals surface area contributed by atoms with Crippen LogP contribution in [0.25, 0.3) is 11.2 Å². The highest BCUT2D eigenvalue weighted by Crippen LogP contribution is 2.34. The molecular weight excluding hydrogens is 329 g/mol. The summed E-state index contributed by atoms with van der Waals surface area (Å²) in [6.07, 6.45) is 0.00178. The Balaban J connectivity index is 2.21. The maximum atomic E-state index is 11.7. The van der Waals surface area contributed by atoms with Gasteiger partial charge < -0.3 is 29.6 Å². The largest absolute Gasteiger partial charge is 0.379 e. The second-order valence-electron chi connectivity index (χ2n) is 4.76. The van der Waals surface area contributed by atoms with Gasteiger partial charge in [0.1, 0.15) is 6.35 Å². The molecule has 2 heterocycles. The van der Waals surface area contributed by atoms with E-state index in [0.717, 1.165) is 0 Å². The molecule has 2 rings (SSSR count). The van der Waals surface area contributed by atoms with Gasteiger partial charge in [-0.25, -0.2) is 4.98 Å². The van der Waals surface area contributed by atoms with Gasteiger partial charge in [-0.05, 0) is 6.92 Å². The molecule has 0 saturated carbocycles. The summed E-state index contributed by atoms with van der Waals surface area (Å²) in [6, 6.07) is 0. The molecule has 1 atom stereocenters. The van der Waals surface area contributed by atoms with Crippen molar-refractivity contribution >= 4 is 24.7 Å². The quantitative estimate of drug-likeness (QED) is 0.450. The summed E-state index contributed by atoms with van der Waals surface area (Å²) in [7, 11) is -4.30. The van der Waals surface area contributed by atoms with E-state index >= 15 is 0 Å². The summed E-state index contributed by atoms with van der Waals surface area (Å²) in [5.74, 6) is -0.0539. The van der Waals surface area contributed by atoms with Gasteiger partial charge in [0.2, 0.25) is 5.95 Å². The van der Waals surface area contributed by atoms with Crippen molar-refractivity contribution in [1.29, 1.82) is 0 Å². The number of hydrogen-bond donors (Lipinski definition) is 4. The fourth-order valence-electron chi connectivity index (χ4n) is 1.93. The third kappa shape index (κ3) is 4.85. The van der Waals surface area contributed by atoms with Gasteiger partial charge in [-0.3, -0.25) is 14.3 Å². The molecule has 0 unspecified atom stereocenters. The molecule has 5 N–H and O–H groups in total. The van der Waals surface area contributed by atoms with Gasteiger partial charge >= 0.3 is 7.60 Å². The Bertz CT molecular complexity index is 768. The lowest BCUT2D eigenvalue weighted by Crippen LogP contribution is -2.26. The number of nitrogens with zero attached hydrogens (tertiary/aromatic N) is 3. The molecule has 0 bridgehead atoms. The van der Waals surface area contributed by atoms with Gasteiger partial charge in [-0.2, -0.15) is 4.98 Å². The van der Waals surface area contributed by atoms with Crippen LogP contribution in [-0.2, 0) is 20.6 Å². The number of aromatic nitrogens is 4. The number of imidazole rings is 1. The molecular formula is C11H18N5O6P. The van der Waals surface area contributed by atoms with E-state index in [2.05, 4.69) is 15.0 Å². The molecule has 2 aromatic heterocycles. The molecule has 128 valence electrons. The number of nitrogens with two attached hydrogens (primary N) is 1. The first-order chi connectivity index (χ1) is 10.8. The zero-order valence-corrected chi connectivity index (χ0v) is 13.3. The smallest absolute Gasteiger partial charge is 0.350 e. The molecule has 2 aromatic rings. The van der Waals surface area contributed by atoms with Gasteiger partial charge in [0, 0.05) is 6.61 Å². The van der Waals surface area contributed by atoms with Gasteiger partial charge in [-0.15, -0.1) is 0 Å². The van der Waals surface area contributed by atoms with E-state index in [4.69, 9.17) is 25.0 Å². The molecule has 0 radical (unpaired) electrons. The van der Waals surface area contributed by atoms with Crippen LogP contribution in [0.1, 0.15) is 6.92 Å². The van der Waals surface area contributed by atoms with Gasteiger partial charge in [-0.1, -0.05) is 0 Å². The Morgan fingerprint density at radius 3 is 2.91 bits per heavy atom. The summed E-state index contributed by atoms with van der Waals surface area (Å²) >= 11 is 0. The highest BCUT2D eigenvalue weighted by molar-refractivity contribution is 7.51. The molecule has 0 aliphatic heterocycles. The van der Waals surface area contributed by atoms with Crippen molar-refractivity contribution in [3.63, 3.8) is 0 Å². The van der Waals surface area contributed by atoms with Crippen LogP contribution in [0.3, 0.4) is 0 Å². The minimum absolute atomic E-state index is 0.0539. The Hall–Kier alpha value is -1.78. The fourth-order valence-corrected chi connectivity index (χ4v) is 2.33. The van der Waals surface area contributed by atoms with E-state index in [1.54, 1.807) is 6.92 Å². The number of nitrogen functional groups attached to an aromatic ring is 1. The van der Waals surface area contributed by atoms with Crippen LogP contribution in [0, 0.1) is 0 Å². The van der Waals surface area contributed by atoms with Crippen molar-refractivity contribution in [2.24, 2.45) is 0 Å². The predicted molar refractivity (Wildman–Crippen MR) is 80.8 cm³/mol. The Morgan fingerprint density at radius 2 is 2.26 bits per heavy atom. The van der Waals surface area contributed by atoms with Crippen LogP contribution in [0.4, 0.5) is 5.95 Å². The van der Waals surface area contributed by atoms with Crippen LogP contribution in [0.15, 0.2) is 11.1 Å². The SMILES string of the molecule is CCOC[C@@H](Cn1cnc2c(=O)[nH]c(N)nc21)OCP(=O)(O)O. The fraction of sp³-hybridized carbons (Fsp3) is 0.545. The number of aromatic amines is 1. The lowest BCUT2D eigenvalue weighted by Gasteiger charge is -2.18. The minimum Gasteiger partial charge on any atom is -0.379 e. The standard InChI is InChI=1S/C11H18N5O6P/c1-2-21-4-7(22-6-23(18,19)20)3-16-5-13-8-9(16)14-11(12)15-10(8)17/h5,7H,2-4,6H2,1H3,(H2,18,19,20)(H3,12,14,15,17)/t7-/m1/s1. The third-order valence-electron chi connectivity index (χ3n) is 2.88. The van der Waals surface area contributed by atoms with E-state index in [-0.39, 0.29) is 30.3 Å². The van der Waals surface area contributed by atoms with Gasteiger partial charge in [0.15, 0.2) is 11.2 Å². The molecule has 0 aliphatic rings. The number of H-pyrrole nitrogens is 1. The molecule has 11 nitrogen and oxygen atoms in total. The molecule has 0 aliphatic carbocycles. The zero-order valence-electron chi connectivity index (χ0n) is 12.4. The maximum Gasteiger partial charge on any atom is 0.350 e. The summed E-state index contributed by atoms with van der Waals surface area (Å²) in [6.45, 7) is 2.47. The maximum absolute atomic E-state index is 11.7. The van der Waals surface area contributed by atoms with Crippen LogP contribution >= 0.6 is 7.60 Å². The lowest BCUT2D eigenvalue weighted by molar-refractivity contribution is -0.00828. The Labute approximate surface area is 130 Å². The van der Waals surface area contributed by atoms with Crippen molar-refractivity contribution in [3.05, 3.63) is 16.7 Å². The topological polar surface area (TPSA) is 166 Å². The molecule has 12 heteroatoms. The Morgan fingerprint density at radius 1 is 1.52 bits per heavy atom. The summed E-state index contributed by atoms with van der Waals surface area (Å²) in [5.41, 5.74) is 5.42. The first-order valence-electron chi connectivity index (χ1n) is 6.74. The number of nitrogens with one attached hydrogen (secondary N) is 1. The van der Waals surface area contributed by atoms with Crippen molar-refractivity contribution in [2.75, 3.05) is 25.3 Å². The molecule has 0 fully saturated rings. The van der Waals surface area contributed by atoms with E-state index in [9.17, 15) is 9.36 Å². The van der Waals surface area contributed by atoms with Crippen LogP contribution < -0.4 is 11.3 Å². The second-order valence-corrected chi connectivity index (χ2v) is 6.35. The monoisotopic (exact) mass is 347 g/mol. The van der Waals surface area contributed by atoms with E-state index in [1.807, 2.05) is 0 Å². The van der Waals surface area contributed by atoms with Crippen LogP contribution in [0.5, 0.6) is 0 Å². The highest BCUT2D eigenvalue weighted by Gasteiger charge is 2.20. The number of fused-ring (bicyclic) bond motifs is 1. The van der Waals surface area contributed by atoms with Crippen LogP contribution in [0.2, 0.25) is 0 Å². The molecule has 0 saturated heterocycles.